The summed E-state index contributed by atoms with van der Waals surface area (Å²) in [4.78, 5) is 0. The molecule has 256 valence electrons. The van der Waals surface area contributed by atoms with Gasteiger partial charge in [0.1, 0.15) is 0 Å². The van der Waals surface area contributed by atoms with E-state index in [9.17, 15) is 0 Å². The summed E-state index contributed by atoms with van der Waals surface area (Å²) in [6, 6.07) is 0. The van der Waals surface area contributed by atoms with Crippen LogP contribution in [-0.2, 0) is 9.47 Å². The summed E-state index contributed by atoms with van der Waals surface area (Å²) in [5.74, 6) is 3.20. The minimum Gasteiger partial charge on any atom is -0.378 e. The van der Waals surface area contributed by atoms with E-state index in [1.165, 1.54) is 88.2 Å². The molecule has 0 aromatic rings. The van der Waals surface area contributed by atoms with E-state index in [4.69, 9.17) is 9.47 Å². The molecule has 0 aliphatic rings. The highest BCUT2D eigenvalue weighted by Gasteiger charge is 2.14. The Hall–Kier alpha value is -1.38. The van der Waals surface area contributed by atoms with Crippen molar-refractivity contribution < 1.29 is 9.47 Å². The van der Waals surface area contributed by atoms with Crippen LogP contribution < -0.4 is 0 Å². The van der Waals surface area contributed by atoms with Gasteiger partial charge in [0.2, 0.25) is 0 Å². The van der Waals surface area contributed by atoms with Crippen molar-refractivity contribution in [3.63, 3.8) is 0 Å². The standard InChI is InChI=1S/C42H76O2/c1-35(23-15-25-37(3)27-17-29-39(5)31-19-33-41(7,8)43-11)21-13-14-22-36(2)24-16-26-38(4)28-18-30-40(6)32-20-34-42(9,10)44-12/h17,19-20,27,29-32,35-38H,13-16,18,21-26,28,33-34H2,1-12H3/b27-17+,31-19+,32-20+,39-29+,40-30+. The molecule has 0 radical (unpaired) electrons. The number of hydrogen-bond donors (Lipinski definition) is 0. The van der Waals surface area contributed by atoms with Crippen LogP contribution in [0.4, 0.5) is 0 Å². The summed E-state index contributed by atoms with van der Waals surface area (Å²) in [7, 11) is 3.57. The summed E-state index contributed by atoms with van der Waals surface area (Å²) >= 11 is 0. The molecule has 44 heavy (non-hydrogen) atoms. The van der Waals surface area contributed by atoms with E-state index < -0.39 is 0 Å². The molecule has 0 aromatic carbocycles. The van der Waals surface area contributed by atoms with Gasteiger partial charge in [-0.25, -0.2) is 0 Å². The molecule has 2 heteroatoms. The van der Waals surface area contributed by atoms with Crippen molar-refractivity contribution in [3.05, 3.63) is 59.8 Å². The fourth-order valence-electron chi connectivity index (χ4n) is 5.46. The zero-order chi connectivity index (χ0) is 33.4. The van der Waals surface area contributed by atoms with E-state index in [1.54, 1.807) is 14.2 Å². The SMILES string of the molecule is COC(C)(C)C/C=C/C(C)=C/C=C/C(C)CCCC(C)CCCCC(C)CCCC(C)CC/C=C(C)/C=C/CC(C)(C)OC. The smallest absolute Gasteiger partial charge is 0.0657 e. The van der Waals surface area contributed by atoms with Gasteiger partial charge in [0.25, 0.3) is 0 Å². The van der Waals surface area contributed by atoms with Crippen molar-refractivity contribution in [3.8, 4) is 0 Å². The maximum absolute atomic E-state index is 5.49. The molecule has 0 saturated heterocycles. The Morgan fingerprint density at radius 2 is 1.02 bits per heavy atom. The van der Waals surface area contributed by atoms with Gasteiger partial charge >= 0.3 is 0 Å². The zero-order valence-electron chi connectivity index (χ0n) is 31.6. The maximum atomic E-state index is 5.49. The molecule has 0 aliphatic heterocycles. The number of ether oxygens (including phenoxy) is 2. The van der Waals surface area contributed by atoms with Gasteiger partial charge in [-0.2, -0.15) is 0 Å². The highest BCUT2D eigenvalue weighted by molar-refractivity contribution is 5.22. The number of unbranched alkanes of at least 4 members (excludes halogenated alkanes) is 1. The first-order valence-corrected chi connectivity index (χ1v) is 18.1. The topological polar surface area (TPSA) is 18.5 Å². The number of rotatable bonds is 26. The lowest BCUT2D eigenvalue weighted by Crippen LogP contribution is -2.20. The van der Waals surface area contributed by atoms with Crippen molar-refractivity contribution >= 4 is 0 Å². The predicted octanol–water partition coefficient (Wildman–Crippen LogP) is 13.4. The largest absolute Gasteiger partial charge is 0.378 e. The van der Waals surface area contributed by atoms with Gasteiger partial charge in [-0.15, -0.1) is 0 Å². The van der Waals surface area contributed by atoms with Crippen LogP contribution in [0.15, 0.2) is 59.8 Å². The Labute approximate surface area is 276 Å². The van der Waals surface area contributed by atoms with E-state index in [0.717, 1.165) is 30.6 Å². The molecule has 2 nitrogen and oxygen atoms in total. The third-order valence-corrected chi connectivity index (χ3v) is 9.40. The summed E-state index contributed by atoms with van der Waals surface area (Å²) in [6.45, 7) is 22.6. The van der Waals surface area contributed by atoms with Gasteiger partial charge in [0, 0.05) is 14.2 Å². The van der Waals surface area contributed by atoms with Crippen molar-refractivity contribution in [2.45, 2.75) is 170 Å². The second kappa shape index (κ2) is 24.8. The molecule has 0 saturated carbocycles. The molecule has 0 bridgehead atoms. The van der Waals surface area contributed by atoms with E-state index in [-0.39, 0.29) is 11.2 Å². The van der Waals surface area contributed by atoms with Crippen LogP contribution >= 0.6 is 0 Å². The van der Waals surface area contributed by atoms with Crippen molar-refractivity contribution in [1.82, 2.24) is 0 Å². The summed E-state index contributed by atoms with van der Waals surface area (Å²) < 4.78 is 11.0. The average molecular weight is 613 g/mol. The molecule has 4 atom stereocenters. The van der Waals surface area contributed by atoms with Gasteiger partial charge < -0.3 is 9.47 Å². The lowest BCUT2D eigenvalue weighted by atomic mass is 9.91. The molecule has 0 fully saturated rings. The Morgan fingerprint density at radius 3 is 1.52 bits per heavy atom. The molecular formula is C42H76O2. The fourth-order valence-corrected chi connectivity index (χ4v) is 5.46. The maximum Gasteiger partial charge on any atom is 0.0657 e. The van der Waals surface area contributed by atoms with Crippen LogP contribution in [-0.4, -0.2) is 25.4 Å². The number of hydrogen-bond acceptors (Lipinski definition) is 2. The molecule has 0 rings (SSSR count). The number of methoxy groups -OCH3 is 2. The van der Waals surface area contributed by atoms with E-state index in [1.807, 2.05) is 0 Å². The normalized spacial score (nSPS) is 16.8. The molecule has 0 amide bonds. The molecule has 0 spiro atoms. The molecule has 4 unspecified atom stereocenters. The summed E-state index contributed by atoms with van der Waals surface area (Å²) in [5, 5.41) is 0. The van der Waals surface area contributed by atoms with Crippen LogP contribution in [0, 0.1) is 23.7 Å². The monoisotopic (exact) mass is 613 g/mol. The Morgan fingerprint density at radius 1 is 0.591 bits per heavy atom. The highest BCUT2D eigenvalue weighted by Crippen LogP contribution is 2.23. The lowest BCUT2D eigenvalue weighted by molar-refractivity contribution is 0.0252. The quantitative estimate of drug-likeness (QED) is 0.0714. The van der Waals surface area contributed by atoms with Gasteiger partial charge in [0.15, 0.2) is 0 Å². The van der Waals surface area contributed by atoms with Crippen molar-refractivity contribution in [2.75, 3.05) is 14.2 Å². The Kier molecular flexibility index (Phi) is 24.0. The second-order valence-corrected chi connectivity index (χ2v) is 15.4. The zero-order valence-corrected chi connectivity index (χ0v) is 31.6. The van der Waals surface area contributed by atoms with Crippen LogP contribution in [0.25, 0.3) is 0 Å². The lowest BCUT2D eigenvalue weighted by Gasteiger charge is -2.20. The second-order valence-electron chi connectivity index (χ2n) is 15.4. The van der Waals surface area contributed by atoms with Gasteiger partial charge in [-0.1, -0.05) is 145 Å². The minimum atomic E-state index is -0.0888. The minimum absolute atomic E-state index is 0.0726. The average Bonchev–Trinajstić information content (AvgIpc) is 2.95. The van der Waals surface area contributed by atoms with E-state index in [0.29, 0.717) is 5.92 Å². The van der Waals surface area contributed by atoms with Crippen LogP contribution in [0.5, 0.6) is 0 Å². The molecule has 0 aromatic heterocycles. The van der Waals surface area contributed by atoms with E-state index >= 15 is 0 Å². The third-order valence-electron chi connectivity index (χ3n) is 9.40. The van der Waals surface area contributed by atoms with Crippen molar-refractivity contribution in [2.24, 2.45) is 23.7 Å². The number of allylic oxidation sites excluding steroid dienone is 8. The van der Waals surface area contributed by atoms with Crippen LogP contribution in [0.2, 0.25) is 0 Å². The van der Waals surface area contributed by atoms with Crippen LogP contribution in [0.1, 0.15) is 159 Å². The van der Waals surface area contributed by atoms with Gasteiger partial charge in [-0.3, -0.25) is 0 Å². The molecule has 0 heterocycles. The first kappa shape index (κ1) is 42.6. The predicted molar refractivity (Wildman–Crippen MR) is 198 cm³/mol. The summed E-state index contributed by atoms with van der Waals surface area (Å²) in [5.41, 5.74) is 2.50. The van der Waals surface area contributed by atoms with E-state index in [2.05, 4.69) is 118 Å². The first-order valence-electron chi connectivity index (χ1n) is 18.1. The molecular weight excluding hydrogens is 536 g/mol. The summed E-state index contributed by atoms with van der Waals surface area (Å²) in [6.07, 6.45) is 36.3. The van der Waals surface area contributed by atoms with Gasteiger partial charge in [-0.05, 0) is 97.3 Å². The highest BCUT2D eigenvalue weighted by atomic mass is 16.5. The first-order chi connectivity index (χ1) is 20.7. The molecule has 0 aliphatic carbocycles. The Bertz CT molecular complexity index is 853. The Balaban J connectivity index is 3.95. The molecule has 0 N–H and O–H groups in total. The fraction of sp³-hybridized carbons (Fsp3) is 0.762. The van der Waals surface area contributed by atoms with Crippen molar-refractivity contribution in [1.29, 1.82) is 0 Å². The van der Waals surface area contributed by atoms with Gasteiger partial charge in [0.05, 0.1) is 11.2 Å². The third kappa shape index (κ3) is 25.9. The van der Waals surface area contributed by atoms with Crippen LogP contribution in [0.3, 0.4) is 0 Å².